The summed E-state index contributed by atoms with van der Waals surface area (Å²) in [5.41, 5.74) is 3.70. The van der Waals surface area contributed by atoms with Crippen molar-refractivity contribution in [2.45, 2.75) is 26.9 Å². The summed E-state index contributed by atoms with van der Waals surface area (Å²) in [6.07, 6.45) is -0.0754. The summed E-state index contributed by atoms with van der Waals surface area (Å²) in [4.78, 5) is 14.4. The second-order valence-electron chi connectivity index (χ2n) is 5.90. The predicted molar refractivity (Wildman–Crippen MR) is 93.8 cm³/mol. The molecule has 1 aliphatic rings. The van der Waals surface area contributed by atoms with E-state index in [0.717, 1.165) is 16.8 Å². The number of halogens is 1. The third-order valence-corrected chi connectivity index (χ3v) is 4.08. The molecule has 0 fully saturated rings. The van der Waals surface area contributed by atoms with Crippen LogP contribution in [0.4, 0.5) is 16.2 Å². The lowest BCUT2D eigenvalue weighted by molar-refractivity contribution is 0.208. The van der Waals surface area contributed by atoms with Crippen LogP contribution in [0.1, 0.15) is 18.1 Å². The number of urea groups is 1. The Kier molecular flexibility index (Phi) is 4.18. The number of hydrogen-bond acceptors (Lipinski definition) is 2. The Hall–Kier alpha value is -2.20. The summed E-state index contributed by atoms with van der Waals surface area (Å²) < 4.78 is 5.78. The molecule has 1 N–H and O–H groups in total. The fraction of sp³-hybridized carbons (Fsp3) is 0.278. The fourth-order valence-corrected chi connectivity index (χ4v) is 2.91. The zero-order chi connectivity index (χ0) is 16.6. The van der Waals surface area contributed by atoms with Gasteiger partial charge >= 0.3 is 6.03 Å². The van der Waals surface area contributed by atoms with Crippen LogP contribution < -0.4 is 15.0 Å². The SMILES string of the molecule is Cc1ccc(NC(=O)N2CC(C)Oc3ccc(Cl)cc32)c(C)c1. The highest BCUT2D eigenvalue weighted by atomic mass is 35.5. The molecule has 120 valence electrons. The number of nitrogens with one attached hydrogen (secondary N) is 1. The molecule has 1 atom stereocenters. The van der Waals surface area contributed by atoms with E-state index in [4.69, 9.17) is 16.3 Å². The van der Waals surface area contributed by atoms with Crippen LogP contribution in [-0.4, -0.2) is 18.7 Å². The van der Waals surface area contributed by atoms with Gasteiger partial charge in [0.1, 0.15) is 11.9 Å². The third-order valence-electron chi connectivity index (χ3n) is 3.85. The fourth-order valence-electron chi connectivity index (χ4n) is 2.74. The van der Waals surface area contributed by atoms with Crippen LogP contribution in [-0.2, 0) is 0 Å². The molecule has 1 aliphatic heterocycles. The van der Waals surface area contributed by atoms with Gasteiger partial charge in [-0.15, -0.1) is 0 Å². The lowest BCUT2D eigenvalue weighted by Gasteiger charge is -2.33. The van der Waals surface area contributed by atoms with Gasteiger partial charge in [-0.1, -0.05) is 29.3 Å². The minimum Gasteiger partial charge on any atom is -0.487 e. The van der Waals surface area contributed by atoms with Gasteiger partial charge in [0.25, 0.3) is 0 Å². The van der Waals surface area contributed by atoms with Crippen LogP contribution in [0, 0.1) is 13.8 Å². The van der Waals surface area contributed by atoms with E-state index >= 15 is 0 Å². The molecule has 2 amide bonds. The summed E-state index contributed by atoms with van der Waals surface area (Å²) >= 11 is 6.07. The van der Waals surface area contributed by atoms with E-state index in [0.29, 0.717) is 23.0 Å². The number of aryl methyl sites for hydroxylation is 2. The number of ether oxygens (including phenoxy) is 1. The van der Waals surface area contributed by atoms with Crippen LogP contribution in [0.3, 0.4) is 0 Å². The largest absolute Gasteiger partial charge is 0.487 e. The van der Waals surface area contributed by atoms with Gasteiger partial charge in [-0.25, -0.2) is 4.79 Å². The van der Waals surface area contributed by atoms with Crippen LogP contribution in [0.5, 0.6) is 5.75 Å². The number of anilines is 2. The zero-order valence-corrected chi connectivity index (χ0v) is 14.1. The second kappa shape index (κ2) is 6.13. The molecule has 2 aromatic carbocycles. The molecule has 1 unspecified atom stereocenters. The van der Waals surface area contributed by atoms with Crippen molar-refractivity contribution in [1.82, 2.24) is 0 Å². The average molecular weight is 331 g/mol. The molecule has 0 saturated heterocycles. The number of nitrogens with zero attached hydrogens (tertiary/aromatic N) is 1. The van der Waals surface area contributed by atoms with E-state index in [1.165, 1.54) is 0 Å². The second-order valence-corrected chi connectivity index (χ2v) is 6.34. The highest BCUT2D eigenvalue weighted by Gasteiger charge is 2.28. The maximum atomic E-state index is 12.7. The molecule has 2 aromatic rings. The van der Waals surface area contributed by atoms with Crippen molar-refractivity contribution in [3.8, 4) is 5.75 Å². The molecule has 0 saturated carbocycles. The van der Waals surface area contributed by atoms with Crippen molar-refractivity contribution < 1.29 is 9.53 Å². The molecule has 4 nitrogen and oxygen atoms in total. The normalized spacial score (nSPS) is 16.5. The van der Waals surface area contributed by atoms with E-state index in [2.05, 4.69) is 5.32 Å². The van der Waals surface area contributed by atoms with Gasteiger partial charge in [-0.3, -0.25) is 4.90 Å². The Balaban J connectivity index is 1.89. The molecule has 0 spiro atoms. The highest BCUT2D eigenvalue weighted by molar-refractivity contribution is 6.31. The maximum Gasteiger partial charge on any atom is 0.326 e. The Labute approximate surface area is 141 Å². The Morgan fingerprint density at radius 3 is 2.78 bits per heavy atom. The quantitative estimate of drug-likeness (QED) is 0.817. The molecule has 3 rings (SSSR count). The van der Waals surface area contributed by atoms with Crippen molar-refractivity contribution in [2.24, 2.45) is 0 Å². The van der Waals surface area contributed by atoms with Gasteiger partial charge in [0.05, 0.1) is 12.2 Å². The van der Waals surface area contributed by atoms with Gasteiger partial charge in [0, 0.05) is 10.7 Å². The Bertz CT molecular complexity index is 761. The first-order valence-corrected chi connectivity index (χ1v) is 7.94. The molecular formula is C18H19ClN2O2. The number of carbonyl (C=O) groups is 1. The van der Waals surface area contributed by atoms with Gasteiger partial charge in [-0.2, -0.15) is 0 Å². The monoisotopic (exact) mass is 330 g/mol. The summed E-state index contributed by atoms with van der Waals surface area (Å²) in [6, 6.07) is 11.1. The van der Waals surface area contributed by atoms with Crippen LogP contribution >= 0.6 is 11.6 Å². The molecular weight excluding hydrogens is 312 g/mol. The molecule has 23 heavy (non-hydrogen) atoms. The van der Waals surface area contributed by atoms with Crippen molar-refractivity contribution in [1.29, 1.82) is 0 Å². The van der Waals surface area contributed by atoms with Crippen molar-refractivity contribution in [2.75, 3.05) is 16.8 Å². The first kappa shape index (κ1) is 15.7. The first-order chi connectivity index (χ1) is 10.9. The van der Waals surface area contributed by atoms with E-state index in [1.807, 2.05) is 39.0 Å². The summed E-state index contributed by atoms with van der Waals surface area (Å²) in [5.74, 6) is 0.670. The van der Waals surface area contributed by atoms with Gasteiger partial charge in [-0.05, 0) is 50.6 Å². The molecule has 0 aromatic heterocycles. The van der Waals surface area contributed by atoms with Crippen LogP contribution in [0.15, 0.2) is 36.4 Å². The highest BCUT2D eigenvalue weighted by Crippen LogP contribution is 2.36. The zero-order valence-electron chi connectivity index (χ0n) is 13.4. The van der Waals surface area contributed by atoms with E-state index < -0.39 is 0 Å². The Morgan fingerprint density at radius 2 is 2.04 bits per heavy atom. The minimum atomic E-state index is -0.185. The van der Waals surface area contributed by atoms with Crippen molar-refractivity contribution >= 4 is 29.0 Å². The molecule has 5 heteroatoms. The number of carbonyl (C=O) groups excluding carboxylic acids is 1. The van der Waals surface area contributed by atoms with Crippen LogP contribution in [0.25, 0.3) is 0 Å². The van der Waals surface area contributed by atoms with Crippen molar-refractivity contribution in [3.05, 3.63) is 52.5 Å². The number of amides is 2. The summed E-state index contributed by atoms with van der Waals surface area (Å²) in [6.45, 7) is 6.43. The molecule has 0 bridgehead atoms. The maximum absolute atomic E-state index is 12.7. The summed E-state index contributed by atoms with van der Waals surface area (Å²) in [7, 11) is 0. The smallest absolute Gasteiger partial charge is 0.326 e. The summed E-state index contributed by atoms with van der Waals surface area (Å²) in [5, 5.41) is 3.55. The van der Waals surface area contributed by atoms with Crippen LogP contribution in [0.2, 0.25) is 5.02 Å². The van der Waals surface area contributed by atoms with E-state index in [9.17, 15) is 4.79 Å². The van der Waals surface area contributed by atoms with Gasteiger partial charge < -0.3 is 10.1 Å². The van der Waals surface area contributed by atoms with Gasteiger partial charge in [0.15, 0.2) is 0 Å². The van der Waals surface area contributed by atoms with E-state index in [1.54, 1.807) is 23.1 Å². The lowest BCUT2D eigenvalue weighted by atomic mass is 10.1. The standard InChI is InChI=1S/C18H19ClN2O2/c1-11-4-6-15(12(2)8-11)20-18(22)21-10-13(3)23-17-7-5-14(19)9-16(17)21/h4-9,13H,10H2,1-3H3,(H,20,22). The predicted octanol–water partition coefficient (Wildman–Crippen LogP) is 4.78. The molecule has 0 aliphatic carbocycles. The lowest BCUT2D eigenvalue weighted by Crippen LogP contribution is -2.44. The Morgan fingerprint density at radius 1 is 1.26 bits per heavy atom. The third kappa shape index (κ3) is 3.27. The van der Waals surface area contributed by atoms with Gasteiger partial charge in [0.2, 0.25) is 0 Å². The molecule has 0 radical (unpaired) electrons. The number of hydrogen-bond donors (Lipinski definition) is 1. The number of rotatable bonds is 1. The topological polar surface area (TPSA) is 41.6 Å². The van der Waals surface area contributed by atoms with Crippen molar-refractivity contribution in [3.63, 3.8) is 0 Å². The molecule has 1 heterocycles. The number of benzene rings is 2. The minimum absolute atomic E-state index is 0.0754. The first-order valence-electron chi connectivity index (χ1n) is 7.56. The number of fused-ring (bicyclic) bond motifs is 1. The average Bonchev–Trinajstić information content (AvgIpc) is 2.49. The van der Waals surface area contributed by atoms with E-state index in [-0.39, 0.29) is 12.1 Å².